The monoisotopic (exact) mass is 369 g/mol. The van der Waals surface area contributed by atoms with Crippen molar-refractivity contribution >= 4 is 5.91 Å². The zero-order valence-corrected chi connectivity index (χ0v) is 15.9. The number of ether oxygens (including phenoxy) is 1. The molecule has 1 aromatic carbocycles. The van der Waals surface area contributed by atoms with Crippen molar-refractivity contribution in [2.75, 3.05) is 19.7 Å². The molecule has 0 bridgehead atoms. The summed E-state index contributed by atoms with van der Waals surface area (Å²) < 4.78 is 7.86. The molecule has 2 aliphatic heterocycles. The molecule has 144 valence electrons. The van der Waals surface area contributed by atoms with Crippen LogP contribution in [0.2, 0.25) is 0 Å². The lowest BCUT2D eigenvalue weighted by Crippen LogP contribution is -2.37. The number of nitrogens with one attached hydrogen (secondary N) is 1. The van der Waals surface area contributed by atoms with Crippen molar-refractivity contribution in [3.8, 4) is 5.75 Å². The van der Waals surface area contributed by atoms with E-state index in [2.05, 4.69) is 21.5 Å². The smallest absolute Gasteiger partial charge is 0.260 e. The van der Waals surface area contributed by atoms with Gasteiger partial charge in [-0.1, -0.05) is 18.2 Å². The molecule has 1 saturated heterocycles. The summed E-state index contributed by atoms with van der Waals surface area (Å²) in [4.78, 5) is 18.6. The quantitative estimate of drug-likeness (QED) is 0.839. The third-order valence-electron chi connectivity index (χ3n) is 5.33. The van der Waals surface area contributed by atoms with E-state index in [9.17, 15) is 4.79 Å². The summed E-state index contributed by atoms with van der Waals surface area (Å²) in [5, 5.41) is 8.07. The molecule has 27 heavy (non-hydrogen) atoms. The summed E-state index contributed by atoms with van der Waals surface area (Å²) in [5.74, 6) is 2.78. The summed E-state index contributed by atoms with van der Waals surface area (Å²) in [7, 11) is 0. The van der Waals surface area contributed by atoms with Crippen molar-refractivity contribution in [1.82, 2.24) is 25.0 Å². The molecule has 2 aromatic rings. The first kappa shape index (κ1) is 18.0. The number of para-hydroxylation sites is 1. The van der Waals surface area contributed by atoms with E-state index in [0.29, 0.717) is 12.6 Å². The molecule has 0 aliphatic carbocycles. The van der Waals surface area contributed by atoms with Gasteiger partial charge in [-0.15, -0.1) is 0 Å². The fraction of sp³-hybridized carbons (Fsp3) is 0.550. The largest absolute Gasteiger partial charge is 0.483 e. The van der Waals surface area contributed by atoms with E-state index in [4.69, 9.17) is 4.74 Å². The van der Waals surface area contributed by atoms with E-state index in [1.165, 1.54) is 0 Å². The fourth-order valence-electron chi connectivity index (χ4n) is 3.84. The highest BCUT2D eigenvalue weighted by molar-refractivity contribution is 5.78. The van der Waals surface area contributed by atoms with Crippen molar-refractivity contribution in [1.29, 1.82) is 0 Å². The maximum atomic E-state index is 12.2. The second kappa shape index (κ2) is 8.08. The van der Waals surface area contributed by atoms with E-state index in [1.807, 2.05) is 34.7 Å². The number of hydrogen-bond donors (Lipinski definition) is 1. The molecule has 7 heteroatoms. The number of hydrogen-bond acceptors (Lipinski definition) is 5. The van der Waals surface area contributed by atoms with Crippen LogP contribution in [0.15, 0.2) is 24.3 Å². The number of likely N-dealkylation sites (tertiary alicyclic amines) is 1. The van der Waals surface area contributed by atoms with Crippen LogP contribution in [0.4, 0.5) is 0 Å². The van der Waals surface area contributed by atoms with Gasteiger partial charge in [0.2, 0.25) is 0 Å². The van der Waals surface area contributed by atoms with E-state index < -0.39 is 0 Å². The van der Waals surface area contributed by atoms with Crippen molar-refractivity contribution in [3.05, 3.63) is 41.5 Å². The second-order valence-electron chi connectivity index (χ2n) is 7.36. The Bertz CT molecular complexity index is 797. The molecular formula is C20H27N5O2. The Balaban J connectivity index is 1.32. The van der Waals surface area contributed by atoms with Gasteiger partial charge in [0, 0.05) is 37.7 Å². The number of rotatable bonds is 6. The fourth-order valence-corrected chi connectivity index (χ4v) is 3.84. The van der Waals surface area contributed by atoms with Gasteiger partial charge in [0.1, 0.15) is 17.4 Å². The van der Waals surface area contributed by atoms with Gasteiger partial charge in [-0.2, -0.15) is 5.10 Å². The van der Waals surface area contributed by atoms with Crippen molar-refractivity contribution < 1.29 is 9.53 Å². The first-order valence-electron chi connectivity index (χ1n) is 9.81. The normalized spacial score (nSPS) is 19.1. The molecule has 1 fully saturated rings. The number of fused-ring (bicyclic) bond motifs is 1. The maximum Gasteiger partial charge on any atom is 0.260 e. The van der Waals surface area contributed by atoms with Crippen molar-refractivity contribution in [2.24, 2.45) is 0 Å². The molecule has 3 heterocycles. The third-order valence-corrected chi connectivity index (χ3v) is 5.33. The Kier molecular flexibility index (Phi) is 5.38. The average Bonchev–Trinajstić information content (AvgIpc) is 3.33. The molecule has 0 spiro atoms. The van der Waals surface area contributed by atoms with Crippen molar-refractivity contribution in [2.45, 2.75) is 51.7 Å². The van der Waals surface area contributed by atoms with Crippen LogP contribution in [0, 0.1) is 6.92 Å². The van der Waals surface area contributed by atoms with Gasteiger partial charge in [0.15, 0.2) is 6.61 Å². The molecule has 1 aromatic heterocycles. The summed E-state index contributed by atoms with van der Waals surface area (Å²) in [6, 6.07) is 8.30. The molecule has 0 radical (unpaired) electrons. The lowest BCUT2D eigenvalue weighted by Gasteiger charge is -2.24. The maximum absolute atomic E-state index is 12.2. The topological polar surface area (TPSA) is 72.3 Å². The molecule has 4 rings (SSSR count). The molecular weight excluding hydrogens is 342 g/mol. The number of aryl methyl sites for hydroxylation is 2. The van der Waals surface area contributed by atoms with Crippen LogP contribution in [0.5, 0.6) is 5.75 Å². The summed E-state index contributed by atoms with van der Waals surface area (Å²) >= 11 is 0. The molecule has 2 aliphatic rings. The van der Waals surface area contributed by atoms with Gasteiger partial charge < -0.3 is 15.0 Å². The van der Waals surface area contributed by atoms with Crippen molar-refractivity contribution in [3.63, 3.8) is 0 Å². The highest BCUT2D eigenvalue weighted by Gasteiger charge is 2.21. The lowest BCUT2D eigenvalue weighted by molar-refractivity contribution is -0.132. The minimum Gasteiger partial charge on any atom is -0.483 e. The Morgan fingerprint density at radius 2 is 2.11 bits per heavy atom. The predicted molar refractivity (Wildman–Crippen MR) is 101 cm³/mol. The highest BCUT2D eigenvalue weighted by Crippen LogP contribution is 2.20. The van der Waals surface area contributed by atoms with Crippen LogP contribution in [-0.2, 0) is 24.3 Å². The SMILES string of the molecule is Cc1nc2n(n1)C[C@@H](NCc1ccccc1OCC(=O)N1CCCC1)CC2. The average molecular weight is 369 g/mol. The van der Waals surface area contributed by atoms with Crippen LogP contribution in [0.3, 0.4) is 0 Å². The number of amides is 1. The van der Waals surface area contributed by atoms with Gasteiger partial charge in [0.25, 0.3) is 5.91 Å². The van der Waals surface area contributed by atoms with E-state index >= 15 is 0 Å². The second-order valence-corrected chi connectivity index (χ2v) is 7.36. The predicted octanol–water partition coefficient (Wildman–Crippen LogP) is 1.69. The summed E-state index contributed by atoms with van der Waals surface area (Å²) in [6.45, 7) is 5.31. The lowest BCUT2D eigenvalue weighted by atomic mass is 10.1. The van der Waals surface area contributed by atoms with Gasteiger partial charge in [-0.25, -0.2) is 9.67 Å². The van der Waals surface area contributed by atoms with E-state index in [1.54, 1.807) is 0 Å². The minimum atomic E-state index is 0.0802. The Hall–Kier alpha value is -2.41. The van der Waals surface area contributed by atoms with Gasteiger partial charge in [-0.3, -0.25) is 4.79 Å². The number of carbonyl (C=O) groups is 1. The molecule has 0 unspecified atom stereocenters. The molecule has 7 nitrogen and oxygen atoms in total. The number of carbonyl (C=O) groups excluding carboxylic acids is 1. The van der Waals surface area contributed by atoms with Crippen LogP contribution >= 0.6 is 0 Å². The third kappa shape index (κ3) is 4.30. The minimum absolute atomic E-state index is 0.0802. The number of benzene rings is 1. The molecule has 0 saturated carbocycles. The first-order chi connectivity index (χ1) is 13.2. The summed E-state index contributed by atoms with van der Waals surface area (Å²) in [6.07, 6.45) is 4.19. The van der Waals surface area contributed by atoms with Crippen LogP contribution in [-0.4, -0.2) is 51.3 Å². The standard InChI is InChI=1S/C20H27N5O2/c1-15-22-19-9-8-17(13-25(19)23-15)21-12-16-6-2-3-7-18(16)27-14-20(26)24-10-4-5-11-24/h2-3,6-7,17,21H,4-5,8-14H2,1H3/t17-/m0/s1. The summed E-state index contributed by atoms with van der Waals surface area (Å²) in [5.41, 5.74) is 1.08. The molecule has 1 amide bonds. The Morgan fingerprint density at radius 1 is 1.30 bits per heavy atom. The van der Waals surface area contributed by atoms with Crippen LogP contribution in [0.1, 0.15) is 36.5 Å². The molecule has 1 atom stereocenters. The Labute approximate surface area is 159 Å². The zero-order chi connectivity index (χ0) is 18.6. The molecule has 1 N–H and O–H groups in total. The van der Waals surface area contributed by atoms with Gasteiger partial charge in [-0.05, 0) is 32.3 Å². The first-order valence-corrected chi connectivity index (χ1v) is 9.81. The highest BCUT2D eigenvalue weighted by atomic mass is 16.5. The van der Waals surface area contributed by atoms with Crippen LogP contribution < -0.4 is 10.1 Å². The van der Waals surface area contributed by atoms with E-state index in [0.717, 1.165) is 68.3 Å². The number of aromatic nitrogens is 3. The van der Waals surface area contributed by atoms with Gasteiger partial charge in [0.05, 0.1) is 6.54 Å². The van der Waals surface area contributed by atoms with Crippen LogP contribution in [0.25, 0.3) is 0 Å². The van der Waals surface area contributed by atoms with E-state index in [-0.39, 0.29) is 12.5 Å². The Morgan fingerprint density at radius 3 is 2.96 bits per heavy atom. The zero-order valence-electron chi connectivity index (χ0n) is 15.9. The number of nitrogens with zero attached hydrogens (tertiary/aromatic N) is 4. The van der Waals surface area contributed by atoms with Gasteiger partial charge >= 0.3 is 0 Å².